The largest absolute Gasteiger partial charge is 0.486 e. The number of halogens is 1. The normalized spacial score (nSPS) is 18.9. The van der Waals surface area contributed by atoms with Crippen LogP contribution in [-0.2, 0) is 0 Å². The summed E-state index contributed by atoms with van der Waals surface area (Å²) in [5.41, 5.74) is 2.34. The van der Waals surface area contributed by atoms with Crippen LogP contribution in [0.5, 0.6) is 5.75 Å². The second-order valence-electron chi connectivity index (χ2n) is 6.21. The third-order valence-electron chi connectivity index (χ3n) is 4.42. The lowest BCUT2D eigenvalue weighted by Gasteiger charge is -2.19. The van der Waals surface area contributed by atoms with E-state index < -0.39 is 0 Å². The van der Waals surface area contributed by atoms with Crippen molar-refractivity contribution in [2.75, 3.05) is 6.61 Å². The average Bonchev–Trinajstić information content (AvgIpc) is 3.13. The zero-order chi connectivity index (χ0) is 17.8. The van der Waals surface area contributed by atoms with Crippen molar-refractivity contribution in [2.45, 2.75) is 12.1 Å². The number of aliphatic imine (C=N–C) groups is 1. The molecular formula is C22H19FN2O. The van der Waals surface area contributed by atoms with Crippen LogP contribution in [0.25, 0.3) is 0 Å². The molecule has 3 aromatic rings. The van der Waals surface area contributed by atoms with E-state index in [1.54, 1.807) is 12.1 Å². The topological polar surface area (TPSA) is 33.6 Å². The number of nitrogens with one attached hydrogen (secondary N) is 1. The third kappa shape index (κ3) is 3.59. The van der Waals surface area contributed by atoms with Crippen LogP contribution in [0.2, 0.25) is 0 Å². The van der Waals surface area contributed by atoms with Gasteiger partial charge in [0.05, 0.1) is 6.04 Å². The van der Waals surface area contributed by atoms with Crippen molar-refractivity contribution in [2.24, 2.45) is 4.99 Å². The van der Waals surface area contributed by atoms with Crippen molar-refractivity contribution in [3.63, 3.8) is 0 Å². The van der Waals surface area contributed by atoms with Crippen LogP contribution in [-0.4, -0.2) is 12.4 Å². The molecule has 0 aliphatic carbocycles. The fourth-order valence-electron chi connectivity index (χ4n) is 3.14. The minimum absolute atomic E-state index is 0.00887. The van der Waals surface area contributed by atoms with Gasteiger partial charge in [0.15, 0.2) is 0 Å². The van der Waals surface area contributed by atoms with Crippen LogP contribution < -0.4 is 10.1 Å². The highest BCUT2D eigenvalue weighted by molar-refractivity contribution is 5.86. The SMILES string of the molecule is Fc1ccc(OCC2=NC(c3ccccc3)C(c3ccccc3)N2)cc1. The van der Waals surface area contributed by atoms with Gasteiger partial charge in [-0.15, -0.1) is 0 Å². The summed E-state index contributed by atoms with van der Waals surface area (Å²) < 4.78 is 18.8. The summed E-state index contributed by atoms with van der Waals surface area (Å²) in [6.07, 6.45) is 0. The Balaban J connectivity index is 1.55. The highest BCUT2D eigenvalue weighted by atomic mass is 19.1. The summed E-state index contributed by atoms with van der Waals surface area (Å²) in [6.45, 7) is 0.318. The van der Waals surface area contributed by atoms with Gasteiger partial charge < -0.3 is 10.1 Å². The summed E-state index contributed by atoms with van der Waals surface area (Å²) in [5.74, 6) is 1.13. The molecule has 4 rings (SSSR count). The van der Waals surface area contributed by atoms with Gasteiger partial charge in [0.2, 0.25) is 0 Å². The first-order chi connectivity index (χ1) is 12.8. The van der Waals surface area contributed by atoms with Gasteiger partial charge in [0, 0.05) is 0 Å². The highest BCUT2D eigenvalue weighted by Crippen LogP contribution is 2.35. The van der Waals surface area contributed by atoms with Gasteiger partial charge in [0.25, 0.3) is 0 Å². The van der Waals surface area contributed by atoms with Crippen LogP contribution in [0.15, 0.2) is 89.9 Å². The molecule has 0 saturated heterocycles. The van der Waals surface area contributed by atoms with Crippen molar-refractivity contribution in [1.29, 1.82) is 0 Å². The van der Waals surface area contributed by atoms with Gasteiger partial charge in [-0.3, -0.25) is 4.99 Å². The molecule has 1 aliphatic heterocycles. The fraction of sp³-hybridized carbons (Fsp3) is 0.136. The molecule has 26 heavy (non-hydrogen) atoms. The van der Waals surface area contributed by atoms with Crippen molar-refractivity contribution < 1.29 is 9.13 Å². The maximum Gasteiger partial charge on any atom is 0.145 e. The molecular weight excluding hydrogens is 327 g/mol. The van der Waals surface area contributed by atoms with Crippen LogP contribution in [0, 0.1) is 5.82 Å². The Morgan fingerprint density at radius 1 is 0.808 bits per heavy atom. The Morgan fingerprint density at radius 2 is 1.42 bits per heavy atom. The van der Waals surface area contributed by atoms with E-state index >= 15 is 0 Å². The zero-order valence-corrected chi connectivity index (χ0v) is 14.2. The van der Waals surface area contributed by atoms with Gasteiger partial charge in [-0.2, -0.15) is 0 Å². The summed E-state index contributed by atoms with van der Waals surface area (Å²) in [7, 11) is 0. The molecule has 0 fully saturated rings. The van der Waals surface area contributed by atoms with E-state index in [-0.39, 0.29) is 17.9 Å². The molecule has 0 saturated carbocycles. The Hall–Kier alpha value is -3.14. The second-order valence-corrected chi connectivity index (χ2v) is 6.21. The number of nitrogens with zero attached hydrogens (tertiary/aromatic N) is 1. The minimum Gasteiger partial charge on any atom is -0.486 e. The molecule has 0 aromatic heterocycles. The number of rotatable bonds is 5. The minimum atomic E-state index is -0.276. The molecule has 4 heteroatoms. The zero-order valence-electron chi connectivity index (χ0n) is 14.2. The Labute approximate surface area is 152 Å². The van der Waals surface area contributed by atoms with Gasteiger partial charge >= 0.3 is 0 Å². The molecule has 1 N–H and O–H groups in total. The first kappa shape index (κ1) is 16.3. The predicted molar refractivity (Wildman–Crippen MR) is 101 cm³/mol. The van der Waals surface area contributed by atoms with E-state index in [4.69, 9.17) is 9.73 Å². The van der Waals surface area contributed by atoms with E-state index in [2.05, 4.69) is 29.6 Å². The first-order valence-corrected chi connectivity index (χ1v) is 8.61. The van der Waals surface area contributed by atoms with E-state index in [0.717, 1.165) is 11.4 Å². The Kier molecular flexibility index (Phi) is 4.65. The summed E-state index contributed by atoms with van der Waals surface area (Å²) in [6, 6.07) is 26.6. The molecule has 2 unspecified atom stereocenters. The van der Waals surface area contributed by atoms with E-state index in [1.807, 2.05) is 36.4 Å². The van der Waals surface area contributed by atoms with E-state index in [1.165, 1.54) is 17.7 Å². The molecule has 2 atom stereocenters. The number of amidine groups is 1. The van der Waals surface area contributed by atoms with E-state index in [0.29, 0.717) is 12.4 Å². The van der Waals surface area contributed by atoms with Crippen LogP contribution in [0.1, 0.15) is 23.2 Å². The van der Waals surface area contributed by atoms with Gasteiger partial charge in [-0.25, -0.2) is 4.39 Å². The smallest absolute Gasteiger partial charge is 0.145 e. The van der Waals surface area contributed by atoms with Crippen molar-refractivity contribution >= 4 is 5.84 Å². The first-order valence-electron chi connectivity index (χ1n) is 8.61. The Bertz CT molecular complexity index is 879. The quantitative estimate of drug-likeness (QED) is 0.727. The lowest BCUT2D eigenvalue weighted by Crippen LogP contribution is -2.28. The van der Waals surface area contributed by atoms with Crippen molar-refractivity contribution in [1.82, 2.24) is 5.32 Å². The molecule has 3 aromatic carbocycles. The molecule has 0 bridgehead atoms. The molecule has 3 nitrogen and oxygen atoms in total. The number of hydrogen-bond donors (Lipinski definition) is 1. The number of ether oxygens (including phenoxy) is 1. The maximum absolute atomic E-state index is 13.0. The monoisotopic (exact) mass is 346 g/mol. The summed E-state index contributed by atoms with van der Waals surface area (Å²) in [5, 5.41) is 3.49. The molecule has 1 heterocycles. The van der Waals surface area contributed by atoms with Crippen molar-refractivity contribution in [3.8, 4) is 5.75 Å². The lowest BCUT2D eigenvalue weighted by atomic mass is 9.95. The Morgan fingerprint density at radius 3 is 2.08 bits per heavy atom. The van der Waals surface area contributed by atoms with Crippen LogP contribution >= 0.6 is 0 Å². The maximum atomic E-state index is 13.0. The van der Waals surface area contributed by atoms with E-state index in [9.17, 15) is 4.39 Å². The molecule has 0 spiro atoms. The van der Waals surface area contributed by atoms with Crippen molar-refractivity contribution in [3.05, 3.63) is 102 Å². The van der Waals surface area contributed by atoms with Crippen LogP contribution in [0.3, 0.4) is 0 Å². The fourth-order valence-corrected chi connectivity index (χ4v) is 3.14. The molecule has 0 radical (unpaired) electrons. The number of hydrogen-bond acceptors (Lipinski definition) is 3. The molecule has 130 valence electrons. The standard InChI is InChI=1S/C22H19FN2O/c23-18-11-13-19(14-12-18)26-15-20-24-21(16-7-3-1-4-8-16)22(25-20)17-9-5-2-6-10-17/h1-14,21-22H,15H2,(H,24,25). The number of benzene rings is 3. The van der Waals surface area contributed by atoms with Gasteiger partial charge in [-0.1, -0.05) is 60.7 Å². The third-order valence-corrected chi connectivity index (χ3v) is 4.42. The predicted octanol–water partition coefficient (Wildman–Crippen LogP) is 4.69. The lowest BCUT2D eigenvalue weighted by molar-refractivity contribution is 0.372. The second kappa shape index (κ2) is 7.40. The highest BCUT2D eigenvalue weighted by Gasteiger charge is 2.31. The average molecular weight is 346 g/mol. The summed E-state index contributed by atoms with van der Waals surface area (Å²) >= 11 is 0. The molecule has 0 amide bonds. The summed E-state index contributed by atoms with van der Waals surface area (Å²) in [4.78, 5) is 4.86. The van der Waals surface area contributed by atoms with Gasteiger partial charge in [-0.05, 0) is 35.4 Å². The van der Waals surface area contributed by atoms with Crippen LogP contribution in [0.4, 0.5) is 4.39 Å². The van der Waals surface area contributed by atoms with Gasteiger partial charge in [0.1, 0.15) is 30.1 Å². The molecule has 1 aliphatic rings.